The molecule has 0 aromatic heterocycles. The van der Waals surface area contributed by atoms with E-state index in [1.54, 1.807) is 7.11 Å². The van der Waals surface area contributed by atoms with Crippen molar-refractivity contribution in [3.05, 3.63) is 103 Å². The molecule has 2 fully saturated rings. The lowest BCUT2D eigenvalue weighted by Crippen LogP contribution is -2.69. The molecule has 0 bridgehead atoms. The zero-order valence-corrected chi connectivity index (χ0v) is 37.9. The van der Waals surface area contributed by atoms with Gasteiger partial charge in [0.15, 0.2) is 0 Å². The van der Waals surface area contributed by atoms with E-state index < -0.39 is 22.2 Å². The van der Waals surface area contributed by atoms with Gasteiger partial charge in [-0.25, -0.2) is 0 Å². The fourth-order valence-electron chi connectivity index (χ4n) is 9.74. The molecule has 2 heterocycles. The second-order valence-electron chi connectivity index (χ2n) is 18.4. The lowest BCUT2D eigenvalue weighted by Gasteiger charge is -2.55. The first-order chi connectivity index (χ1) is 26.0. The fourth-order valence-corrected chi connectivity index (χ4v) is 20.1. The Morgan fingerprint density at radius 1 is 0.782 bits per heavy atom. The SMILES string of the molecule is C=C1O[C@H]2C[C@@H](O[Si](C(C)C)(C(C)C)C(C)C)[C@](C)(CO[Si](c3ccccc3)(c3ccccc3)C(C)(C)C)O[C@@H]2C[C@H](C)C[C@@H]1OCc1ccc(OC)cc1. The molecule has 0 N–H and O–H groups in total. The summed E-state index contributed by atoms with van der Waals surface area (Å²) >= 11 is 0. The molecule has 3 aromatic carbocycles. The Labute approximate surface area is 335 Å². The van der Waals surface area contributed by atoms with Gasteiger partial charge in [0, 0.05) is 6.42 Å². The molecule has 0 saturated carbocycles. The van der Waals surface area contributed by atoms with Gasteiger partial charge >= 0.3 is 0 Å². The molecule has 2 saturated heterocycles. The van der Waals surface area contributed by atoms with E-state index in [0.29, 0.717) is 47.9 Å². The number of ether oxygens (including phenoxy) is 4. The molecule has 0 aliphatic carbocycles. The molecule has 0 amide bonds. The van der Waals surface area contributed by atoms with Crippen LogP contribution in [0.25, 0.3) is 0 Å². The smallest absolute Gasteiger partial charge is 0.261 e. The molecule has 6 nitrogen and oxygen atoms in total. The predicted octanol–water partition coefficient (Wildman–Crippen LogP) is 10.6. The largest absolute Gasteiger partial charge is 0.497 e. The van der Waals surface area contributed by atoms with E-state index >= 15 is 0 Å². The Morgan fingerprint density at radius 3 is 1.82 bits per heavy atom. The molecule has 302 valence electrons. The van der Waals surface area contributed by atoms with Crippen molar-refractivity contribution < 1.29 is 27.8 Å². The van der Waals surface area contributed by atoms with Gasteiger partial charge in [0.25, 0.3) is 8.32 Å². The number of hydrogen-bond donors (Lipinski definition) is 0. The van der Waals surface area contributed by atoms with Crippen molar-refractivity contribution in [2.45, 2.75) is 154 Å². The quantitative estimate of drug-likeness (QED) is 0.152. The molecule has 8 heteroatoms. The van der Waals surface area contributed by atoms with Crippen molar-refractivity contribution in [2.24, 2.45) is 5.92 Å². The van der Waals surface area contributed by atoms with E-state index in [9.17, 15) is 0 Å². The van der Waals surface area contributed by atoms with Crippen LogP contribution in [-0.4, -0.2) is 60.4 Å². The van der Waals surface area contributed by atoms with Gasteiger partial charge in [-0.15, -0.1) is 0 Å². The maximum absolute atomic E-state index is 7.77. The van der Waals surface area contributed by atoms with Gasteiger partial charge in [-0.05, 0) is 75.4 Å². The molecule has 2 aliphatic rings. The van der Waals surface area contributed by atoms with Crippen LogP contribution in [0.15, 0.2) is 97.3 Å². The topological polar surface area (TPSA) is 55.4 Å². The summed E-state index contributed by atoms with van der Waals surface area (Å²) in [4.78, 5) is 0. The van der Waals surface area contributed by atoms with Crippen molar-refractivity contribution in [2.75, 3.05) is 13.7 Å². The summed E-state index contributed by atoms with van der Waals surface area (Å²) in [6.07, 6.45) is 1.53. The summed E-state index contributed by atoms with van der Waals surface area (Å²) in [5.74, 6) is 1.83. The van der Waals surface area contributed by atoms with Crippen LogP contribution in [-0.2, 0) is 29.7 Å². The zero-order valence-electron chi connectivity index (χ0n) is 35.9. The van der Waals surface area contributed by atoms with Crippen LogP contribution in [0.2, 0.25) is 21.7 Å². The van der Waals surface area contributed by atoms with E-state index in [-0.39, 0.29) is 29.5 Å². The van der Waals surface area contributed by atoms with Crippen molar-refractivity contribution in [3.63, 3.8) is 0 Å². The van der Waals surface area contributed by atoms with Gasteiger partial charge in [-0.1, -0.05) is 149 Å². The van der Waals surface area contributed by atoms with Crippen LogP contribution in [0.4, 0.5) is 0 Å². The minimum absolute atomic E-state index is 0.143. The zero-order chi connectivity index (χ0) is 40.2. The van der Waals surface area contributed by atoms with Crippen molar-refractivity contribution in [1.82, 2.24) is 0 Å². The Kier molecular flexibility index (Phi) is 14.1. The molecule has 3 aromatic rings. The summed E-state index contributed by atoms with van der Waals surface area (Å²) in [7, 11) is -3.54. The van der Waals surface area contributed by atoms with E-state index in [1.807, 2.05) is 24.3 Å². The third-order valence-corrected chi connectivity index (χ3v) is 23.6. The van der Waals surface area contributed by atoms with E-state index in [2.05, 4.69) is 143 Å². The van der Waals surface area contributed by atoms with Crippen LogP contribution in [0.3, 0.4) is 0 Å². The average Bonchev–Trinajstić information content (AvgIpc) is 3.13. The maximum Gasteiger partial charge on any atom is 0.261 e. The first-order valence-electron chi connectivity index (χ1n) is 20.7. The molecule has 0 unspecified atom stereocenters. The lowest BCUT2D eigenvalue weighted by atomic mass is 9.84. The predicted molar refractivity (Wildman–Crippen MR) is 231 cm³/mol. The van der Waals surface area contributed by atoms with E-state index in [1.165, 1.54) is 10.4 Å². The highest BCUT2D eigenvalue weighted by molar-refractivity contribution is 6.99. The Hall–Kier alpha value is -2.73. The van der Waals surface area contributed by atoms with Crippen molar-refractivity contribution in [3.8, 4) is 5.75 Å². The molecule has 55 heavy (non-hydrogen) atoms. The summed E-state index contributed by atoms with van der Waals surface area (Å²) in [6.45, 7) is 31.1. The normalized spacial score (nSPS) is 25.4. The number of fused-ring (bicyclic) bond motifs is 1. The van der Waals surface area contributed by atoms with Crippen molar-refractivity contribution in [1.29, 1.82) is 0 Å². The lowest BCUT2D eigenvalue weighted by molar-refractivity contribution is -0.238. The second-order valence-corrected chi connectivity index (χ2v) is 28.1. The molecule has 5 rings (SSSR count). The summed E-state index contributed by atoms with van der Waals surface area (Å²) in [5.41, 5.74) is 1.60. The second kappa shape index (κ2) is 17.8. The number of rotatable bonds is 14. The average molecular weight is 787 g/mol. The Bertz CT molecular complexity index is 1590. The van der Waals surface area contributed by atoms with Crippen LogP contribution in [0.5, 0.6) is 5.75 Å². The van der Waals surface area contributed by atoms with Crippen LogP contribution >= 0.6 is 0 Å². The summed E-state index contributed by atoms with van der Waals surface area (Å²) in [6, 6.07) is 29.8. The highest BCUT2D eigenvalue weighted by Gasteiger charge is 2.57. The van der Waals surface area contributed by atoms with Gasteiger partial charge in [0.1, 0.15) is 29.3 Å². The van der Waals surface area contributed by atoms with Gasteiger partial charge in [-0.3, -0.25) is 0 Å². The number of methoxy groups -OCH3 is 1. The van der Waals surface area contributed by atoms with Crippen LogP contribution in [0.1, 0.15) is 101 Å². The third kappa shape index (κ3) is 9.21. The van der Waals surface area contributed by atoms with Gasteiger partial charge in [0.2, 0.25) is 8.32 Å². The fraction of sp³-hybridized carbons (Fsp3) is 0.574. The van der Waals surface area contributed by atoms with Crippen molar-refractivity contribution >= 4 is 27.0 Å². The molecular formula is C47H70O6Si2. The monoisotopic (exact) mass is 786 g/mol. The third-order valence-electron chi connectivity index (χ3n) is 12.5. The minimum atomic E-state index is -2.86. The number of benzene rings is 3. The molecule has 0 spiro atoms. The van der Waals surface area contributed by atoms with Crippen LogP contribution in [0, 0.1) is 5.92 Å². The summed E-state index contributed by atoms with van der Waals surface area (Å²) in [5, 5.41) is 2.36. The summed E-state index contributed by atoms with van der Waals surface area (Å²) < 4.78 is 41.7. The minimum Gasteiger partial charge on any atom is -0.497 e. The molecule has 6 atom stereocenters. The molecular weight excluding hydrogens is 717 g/mol. The Balaban J connectivity index is 1.51. The first kappa shape index (κ1) is 43.4. The Morgan fingerprint density at radius 2 is 1.33 bits per heavy atom. The highest BCUT2D eigenvalue weighted by Crippen LogP contribution is 2.48. The standard InChI is InChI=1S/C47H70O6Si2/c1-33(2)54(34(3)4,35(5)6)53-45-30-43-44(29-36(7)28-42(37(8)51-43)49-31-38-24-26-39(48-13)27-25-38)52-47(45,12)32-50-55(46(9,10)11,40-20-16-14-17-21-40)41-22-18-15-19-23-41/h14-27,33-36,42-45H,8,28-32H2,1-7,9-13H3/t36-,42+,43+,44-,45-,47+/m1/s1. The van der Waals surface area contributed by atoms with E-state index in [4.69, 9.17) is 27.8 Å². The molecule has 2 aliphatic heterocycles. The van der Waals surface area contributed by atoms with Gasteiger partial charge in [-0.2, -0.15) is 0 Å². The first-order valence-corrected chi connectivity index (χ1v) is 24.7. The van der Waals surface area contributed by atoms with Gasteiger partial charge in [0.05, 0.1) is 32.5 Å². The van der Waals surface area contributed by atoms with Crippen LogP contribution < -0.4 is 15.1 Å². The van der Waals surface area contributed by atoms with E-state index in [0.717, 1.165) is 24.2 Å². The van der Waals surface area contributed by atoms with Gasteiger partial charge < -0.3 is 27.8 Å². The highest BCUT2D eigenvalue weighted by atomic mass is 28.4. The molecule has 0 radical (unpaired) electrons. The maximum atomic E-state index is 7.77. The number of hydrogen-bond acceptors (Lipinski definition) is 6.